The summed E-state index contributed by atoms with van der Waals surface area (Å²) < 4.78 is 10.7. The molecule has 0 saturated carbocycles. The molecular formula is C15H15NO4. The number of benzene rings is 2. The van der Waals surface area contributed by atoms with Gasteiger partial charge in [-0.15, -0.1) is 0 Å². The van der Waals surface area contributed by atoms with Gasteiger partial charge in [-0.3, -0.25) is 4.79 Å². The van der Waals surface area contributed by atoms with E-state index in [0.717, 1.165) is 5.75 Å². The number of ether oxygens (including phenoxy) is 2. The number of carbonyl (C=O) groups is 1. The number of carboxylic acid groups (broad SMARTS) is 1. The Balaban J connectivity index is 2.16. The Hall–Kier alpha value is -2.53. The molecule has 0 aliphatic rings. The smallest absolute Gasteiger partial charge is 0.325 e. The first kappa shape index (κ1) is 13.9. The second-order valence-corrected chi connectivity index (χ2v) is 4.17. The minimum atomic E-state index is -1.08. The maximum atomic E-state index is 10.9. The topological polar surface area (TPSA) is 81.8 Å². The van der Waals surface area contributed by atoms with E-state index in [9.17, 15) is 4.79 Å². The molecule has 104 valence electrons. The number of hydrogen-bond acceptors (Lipinski definition) is 4. The average molecular weight is 273 g/mol. The highest BCUT2D eigenvalue weighted by molar-refractivity contribution is 5.75. The summed E-state index contributed by atoms with van der Waals surface area (Å²) in [5.41, 5.74) is 6.06. The highest BCUT2D eigenvalue weighted by Gasteiger charge is 2.14. The molecule has 0 heterocycles. The summed E-state index contributed by atoms with van der Waals surface area (Å²) in [5, 5.41) is 8.89. The van der Waals surface area contributed by atoms with E-state index in [2.05, 4.69) is 0 Å². The molecule has 3 N–H and O–H groups in total. The highest BCUT2D eigenvalue weighted by atomic mass is 16.5. The zero-order valence-corrected chi connectivity index (χ0v) is 10.9. The first-order valence-corrected chi connectivity index (χ1v) is 6.00. The lowest BCUT2D eigenvalue weighted by Crippen LogP contribution is -2.20. The number of hydrogen-bond donors (Lipinski definition) is 2. The zero-order chi connectivity index (χ0) is 14.5. The van der Waals surface area contributed by atoms with E-state index >= 15 is 0 Å². The van der Waals surface area contributed by atoms with E-state index in [1.54, 1.807) is 55.6 Å². The summed E-state index contributed by atoms with van der Waals surface area (Å²) in [6, 6.07) is 12.7. The minimum absolute atomic E-state index is 0.489. The van der Waals surface area contributed by atoms with Gasteiger partial charge in [-0.1, -0.05) is 12.1 Å². The molecule has 5 nitrogen and oxygen atoms in total. The van der Waals surface area contributed by atoms with Crippen LogP contribution in [0.2, 0.25) is 0 Å². The van der Waals surface area contributed by atoms with E-state index in [1.807, 2.05) is 0 Å². The molecule has 2 rings (SSSR count). The third kappa shape index (κ3) is 3.27. The molecule has 0 spiro atoms. The minimum Gasteiger partial charge on any atom is -0.497 e. The second-order valence-electron chi connectivity index (χ2n) is 4.17. The third-order valence-corrected chi connectivity index (χ3v) is 2.78. The fraction of sp³-hybridized carbons (Fsp3) is 0.133. The van der Waals surface area contributed by atoms with E-state index in [1.165, 1.54) is 0 Å². The molecule has 0 saturated heterocycles. The lowest BCUT2D eigenvalue weighted by Gasteiger charge is -2.10. The van der Waals surface area contributed by atoms with Crippen LogP contribution in [-0.4, -0.2) is 18.2 Å². The molecule has 1 atom stereocenters. The zero-order valence-electron chi connectivity index (χ0n) is 10.9. The standard InChI is InChI=1S/C15H15NO4/c1-19-11-5-7-12(8-6-11)20-13-4-2-3-10(9-13)14(16)15(17)18/h2-9,14H,16H2,1H3,(H,17,18)/t14-/m1/s1. The molecule has 0 amide bonds. The SMILES string of the molecule is COc1ccc(Oc2cccc([C@@H](N)C(=O)O)c2)cc1. The molecule has 5 heteroatoms. The number of methoxy groups -OCH3 is 1. The Kier molecular flexibility index (Phi) is 4.22. The Morgan fingerprint density at radius 1 is 1.10 bits per heavy atom. The van der Waals surface area contributed by atoms with E-state index in [4.69, 9.17) is 20.3 Å². The monoisotopic (exact) mass is 273 g/mol. The van der Waals surface area contributed by atoms with Crippen molar-refractivity contribution in [2.75, 3.05) is 7.11 Å². The van der Waals surface area contributed by atoms with Crippen LogP contribution in [0.25, 0.3) is 0 Å². The van der Waals surface area contributed by atoms with Gasteiger partial charge in [-0.05, 0) is 42.0 Å². The molecule has 20 heavy (non-hydrogen) atoms. The van der Waals surface area contributed by atoms with Crippen LogP contribution in [0.5, 0.6) is 17.2 Å². The van der Waals surface area contributed by atoms with Crippen LogP contribution in [0.15, 0.2) is 48.5 Å². The highest BCUT2D eigenvalue weighted by Crippen LogP contribution is 2.25. The Bertz CT molecular complexity index is 595. The lowest BCUT2D eigenvalue weighted by molar-refractivity contribution is -0.138. The van der Waals surface area contributed by atoms with Gasteiger partial charge in [0.15, 0.2) is 0 Å². The average Bonchev–Trinajstić information content (AvgIpc) is 2.47. The van der Waals surface area contributed by atoms with Crippen molar-refractivity contribution in [2.45, 2.75) is 6.04 Å². The molecule has 2 aromatic carbocycles. The van der Waals surface area contributed by atoms with Gasteiger partial charge in [0.25, 0.3) is 0 Å². The van der Waals surface area contributed by atoms with Crippen molar-refractivity contribution in [2.24, 2.45) is 5.73 Å². The molecule has 0 aliphatic heterocycles. The van der Waals surface area contributed by atoms with Crippen LogP contribution < -0.4 is 15.2 Å². The van der Waals surface area contributed by atoms with Gasteiger partial charge in [0.05, 0.1) is 7.11 Å². The van der Waals surface area contributed by atoms with Crippen molar-refractivity contribution in [3.63, 3.8) is 0 Å². The van der Waals surface area contributed by atoms with Crippen LogP contribution in [-0.2, 0) is 4.79 Å². The third-order valence-electron chi connectivity index (χ3n) is 2.78. The van der Waals surface area contributed by atoms with Crippen molar-refractivity contribution in [3.8, 4) is 17.2 Å². The molecule has 0 aromatic heterocycles. The number of carboxylic acids is 1. The Labute approximate surface area is 116 Å². The Morgan fingerprint density at radius 3 is 2.35 bits per heavy atom. The summed E-state index contributed by atoms with van der Waals surface area (Å²) in [5.74, 6) is 0.821. The predicted octanol–water partition coefficient (Wildman–Crippen LogP) is 2.57. The summed E-state index contributed by atoms with van der Waals surface area (Å²) in [7, 11) is 1.59. The molecular weight excluding hydrogens is 258 g/mol. The predicted molar refractivity (Wildman–Crippen MR) is 74.1 cm³/mol. The summed E-state index contributed by atoms with van der Waals surface area (Å²) >= 11 is 0. The molecule has 0 bridgehead atoms. The van der Waals surface area contributed by atoms with Crippen molar-refractivity contribution >= 4 is 5.97 Å². The fourth-order valence-corrected chi connectivity index (χ4v) is 1.69. The van der Waals surface area contributed by atoms with Crippen molar-refractivity contribution < 1.29 is 19.4 Å². The van der Waals surface area contributed by atoms with Crippen LogP contribution in [0.3, 0.4) is 0 Å². The summed E-state index contributed by atoms with van der Waals surface area (Å²) in [6.07, 6.45) is 0. The van der Waals surface area contributed by atoms with Crippen molar-refractivity contribution in [1.82, 2.24) is 0 Å². The molecule has 0 radical (unpaired) electrons. The molecule has 0 aliphatic carbocycles. The van der Waals surface area contributed by atoms with Gasteiger partial charge in [-0.25, -0.2) is 0 Å². The second kappa shape index (κ2) is 6.08. The van der Waals surface area contributed by atoms with E-state index in [-0.39, 0.29) is 0 Å². The first-order chi connectivity index (χ1) is 9.60. The molecule has 0 fully saturated rings. The van der Waals surface area contributed by atoms with E-state index < -0.39 is 12.0 Å². The van der Waals surface area contributed by atoms with E-state index in [0.29, 0.717) is 17.1 Å². The van der Waals surface area contributed by atoms with Crippen molar-refractivity contribution in [1.29, 1.82) is 0 Å². The maximum Gasteiger partial charge on any atom is 0.325 e. The van der Waals surface area contributed by atoms with Gasteiger partial charge in [0, 0.05) is 0 Å². The van der Waals surface area contributed by atoms with Gasteiger partial charge < -0.3 is 20.3 Å². The largest absolute Gasteiger partial charge is 0.497 e. The summed E-state index contributed by atoms with van der Waals surface area (Å²) in [4.78, 5) is 10.9. The van der Waals surface area contributed by atoms with Gasteiger partial charge in [-0.2, -0.15) is 0 Å². The molecule has 2 aromatic rings. The van der Waals surface area contributed by atoms with Crippen molar-refractivity contribution in [3.05, 3.63) is 54.1 Å². The van der Waals surface area contributed by atoms with Crippen LogP contribution in [0.1, 0.15) is 11.6 Å². The van der Waals surface area contributed by atoms with Crippen LogP contribution in [0, 0.1) is 0 Å². The van der Waals surface area contributed by atoms with Crippen LogP contribution in [0.4, 0.5) is 0 Å². The van der Waals surface area contributed by atoms with Gasteiger partial charge in [0.1, 0.15) is 23.3 Å². The van der Waals surface area contributed by atoms with Gasteiger partial charge in [0.2, 0.25) is 0 Å². The fourth-order valence-electron chi connectivity index (χ4n) is 1.69. The Morgan fingerprint density at radius 2 is 1.75 bits per heavy atom. The number of aliphatic carboxylic acids is 1. The number of rotatable bonds is 5. The molecule has 0 unspecified atom stereocenters. The lowest BCUT2D eigenvalue weighted by atomic mass is 10.1. The normalized spacial score (nSPS) is 11.7. The van der Waals surface area contributed by atoms with Crippen LogP contribution >= 0.6 is 0 Å². The van der Waals surface area contributed by atoms with Gasteiger partial charge >= 0.3 is 5.97 Å². The first-order valence-electron chi connectivity index (χ1n) is 6.00. The quantitative estimate of drug-likeness (QED) is 0.875. The number of nitrogens with two attached hydrogens (primary N) is 1. The summed E-state index contributed by atoms with van der Waals surface area (Å²) in [6.45, 7) is 0. The maximum absolute atomic E-state index is 10.9.